The van der Waals surface area contributed by atoms with Crippen LogP contribution in [0.4, 0.5) is 39.8 Å². The molecule has 0 saturated heterocycles. The first kappa shape index (κ1) is 33.9. The van der Waals surface area contributed by atoms with Gasteiger partial charge in [-0.05, 0) is 73.7 Å². The molecule has 14 heteroatoms. The Bertz CT molecular complexity index is 1530. The first-order chi connectivity index (χ1) is 21.8. The van der Waals surface area contributed by atoms with E-state index in [4.69, 9.17) is 9.47 Å². The third kappa shape index (κ3) is 8.38. The quantitative estimate of drug-likeness (QED) is 0.248. The summed E-state index contributed by atoms with van der Waals surface area (Å²) in [4.78, 5) is 42.3. The Morgan fingerprint density at radius 2 is 1.61 bits per heavy atom. The van der Waals surface area contributed by atoms with Crippen LogP contribution in [0.1, 0.15) is 29.8 Å². The minimum atomic E-state index is -4.51. The van der Waals surface area contributed by atoms with E-state index < -0.39 is 35.8 Å². The Labute approximate surface area is 264 Å². The molecule has 1 aliphatic heterocycles. The van der Waals surface area contributed by atoms with Gasteiger partial charge in [-0.3, -0.25) is 4.79 Å². The number of hydrogen-bond acceptors (Lipinski definition) is 6. The zero-order valence-electron chi connectivity index (χ0n) is 25.7. The van der Waals surface area contributed by atoms with Crippen LogP contribution in [-0.2, 0) is 6.18 Å². The maximum atomic E-state index is 13.7. The molecular weight excluding hydrogens is 607 g/mol. The lowest BCUT2D eigenvalue weighted by Gasteiger charge is -2.38. The summed E-state index contributed by atoms with van der Waals surface area (Å²) in [5.41, 5.74) is 0.200. The molecule has 5 amide bonds. The van der Waals surface area contributed by atoms with E-state index in [2.05, 4.69) is 16.0 Å². The zero-order chi connectivity index (χ0) is 33.6. The minimum absolute atomic E-state index is 0.120. The lowest BCUT2D eigenvalue weighted by atomic mass is 9.99. The van der Waals surface area contributed by atoms with Crippen molar-refractivity contribution >= 4 is 35.0 Å². The number of carbonyl (C=O) groups excluding carboxylic acids is 3. The molecule has 1 aliphatic rings. The van der Waals surface area contributed by atoms with Crippen LogP contribution in [-0.4, -0.2) is 78.9 Å². The highest BCUT2D eigenvalue weighted by atomic mass is 19.4. The van der Waals surface area contributed by atoms with Crippen molar-refractivity contribution in [3.63, 3.8) is 0 Å². The smallest absolute Gasteiger partial charge is 0.416 e. The van der Waals surface area contributed by atoms with Crippen LogP contribution in [0.15, 0.2) is 66.7 Å². The number of amides is 5. The van der Waals surface area contributed by atoms with Gasteiger partial charge in [0.15, 0.2) is 0 Å². The summed E-state index contributed by atoms with van der Waals surface area (Å²) in [6.07, 6.45) is -5.07. The van der Waals surface area contributed by atoms with Crippen LogP contribution in [0.25, 0.3) is 0 Å². The van der Waals surface area contributed by atoms with E-state index in [1.165, 1.54) is 28.0 Å². The fourth-order valence-corrected chi connectivity index (χ4v) is 4.80. The van der Waals surface area contributed by atoms with Crippen LogP contribution in [0, 0.1) is 5.92 Å². The lowest BCUT2D eigenvalue weighted by Crippen LogP contribution is -2.50. The number of fused-ring (bicyclic) bond motifs is 1. The maximum absolute atomic E-state index is 13.7. The molecule has 1 heterocycles. The molecule has 11 nitrogen and oxygen atoms in total. The summed E-state index contributed by atoms with van der Waals surface area (Å²) < 4.78 is 50.0. The number of rotatable bonds is 8. The van der Waals surface area contributed by atoms with E-state index in [1.54, 1.807) is 45.3 Å². The normalized spacial score (nSPS) is 17.0. The standard InChI is InChI=1S/C32H36F3N5O6/c1-19-16-40(20(2)18-41)29(42)26-15-24(37-30(43)36-22-7-5-21(6-8-22)32(33,34)35)11-14-27(26)46-28(19)17-39(3)31(44)38-23-9-12-25(45-4)13-10-23/h5-15,19-20,28,41H,16-18H2,1-4H3,(H,38,44)(H2,36,37,43)/t19-,20+,28-/m1/s1. The summed E-state index contributed by atoms with van der Waals surface area (Å²) >= 11 is 0. The van der Waals surface area contributed by atoms with Gasteiger partial charge in [-0.2, -0.15) is 13.2 Å². The zero-order valence-corrected chi connectivity index (χ0v) is 25.7. The van der Waals surface area contributed by atoms with Gasteiger partial charge in [-0.15, -0.1) is 0 Å². The number of alkyl halides is 3. The predicted octanol–water partition coefficient (Wildman–Crippen LogP) is 5.74. The number of benzene rings is 3. The number of nitrogens with zero attached hydrogens (tertiary/aromatic N) is 2. The molecule has 4 N–H and O–H groups in total. The molecular formula is C32H36F3N5O6. The highest BCUT2D eigenvalue weighted by Crippen LogP contribution is 2.32. The Hall–Kier alpha value is -4.98. The highest BCUT2D eigenvalue weighted by molar-refractivity contribution is 6.02. The van der Waals surface area contributed by atoms with Crippen molar-refractivity contribution in [2.24, 2.45) is 5.92 Å². The second-order valence-corrected chi connectivity index (χ2v) is 11.0. The number of likely N-dealkylation sites (N-methyl/N-ethyl adjacent to an activating group) is 1. The molecule has 0 unspecified atom stereocenters. The molecule has 3 atom stereocenters. The molecule has 3 aromatic rings. The molecule has 0 radical (unpaired) electrons. The first-order valence-corrected chi connectivity index (χ1v) is 14.4. The van der Waals surface area contributed by atoms with Crippen LogP contribution < -0.4 is 25.4 Å². The largest absolute Gasteiger partial charge is 0.497 e. The second kappa shape index (κ2) is 14.4. The number of ether oxygens (including phenoxy) is 2. The molecule has 0 saturated carbocycles. The van der Waals surface area contributed by atoms with Crippen molar-refractivity contribution < 1.29 is 42.1 Å². The van der Waals surface area contributed by atoms with Crippen LogP contribution >= 0.6 is 0 Å². The van der Waals surface area contributed by atoms with Gasteiger partial charge in [0.05, 0.1) is 37.4 Å². The number of aliphatic hydroxyl groups is 1. The lowest BCUT2D eigenvalue weighted by molar-refractivity contribution is -0.137. The fourth-order valence-electron chi connectivity index (χ4n) is 4.80. The van der Waals surface area contributed by atoms with E-state index >= 15 is 0 Å². The number of halogens is 3. The molecule has 0 fully saturated rings. The Morgan fingerprint density at radius 3 is 2.22 bits per heavy atom. The van der Waals surface area contributed by atoms with E-state index in [0.29, 0.717) is 11.4 Å². The van der Waals surface area contributed by atoms with Gasteiger partial charge in [0, 0.05) is 36.6 Å². The monoisotopic (exact) mass is 643 g/mol. The van der Waals surface area contributed by atoms with Gasteiger partial charge in [-0.1, -0.05) is 6.92 Å². The average Bonchev–Trinajstić information content (AvgIpc) is 3.02. The Morgan fingerprint density at radius 1 is 1.02 bits per heavy atom. The summed E-state index contributed by atoms with van der Waals surface area (Å²) in [7, 11) is 3.17. The fraction of sp³-hybridized carbons (Fsp3) is 0.344. The van der Waals surface area contributed by atoms with Crippen molar-refractivity contribution in [3.8, 4) is 11.5 Å². The Balaban J connectivity index is 1.51. The summed E-state index contributed by atoms with van der Waals surface area (Å²) in [5, 5.41) is 17.8. The van der Waals surface area contributed by atoms with E-state index in [9.17, 15) is 32.7 Å². The van der Waals surface area contributed by atoms with E-state index in [-0.39, 0.29) is 54.3 Å². The number of carbonyl (C=O) groups is 3. The van der Waals surface area contributed by atoms with Crippen molar-refractivity contribution in [1.29, 1.82) is 0 Å². The maximum Gasteiger partial charge on any atom is 0.416 e. The SMILES string of the molecule is COc1ccc(NC(=O)N(C)C[C@H]2Oc3ccc(NC(=O)Nc4ccc(C(F)(F)F)cc4)cc3C(=O)N([C@@H](C)CO)C[C@H]2C)cc1. The van der Waals surface area contributed by atoms with Gasteiger partial charge in [0.1, 0.15) is 17.6 Å². The number of aliphatic hydroxyl groups excluding tert-OH is 1. The molecule has 0 aliphatic carbocycles. The van der Waals surface area contributed by atoms with Crippen LogP contribution in [0.5, 0.6) is 11.5 Å². The second-order valence-electron chi connectivity index (χ2n) is 11.0. The van der Waals surface area contributed by atoms with Gasteiger partial charge >= 0.3 is 18.2 Å². The molecule has 246 valence electrons. The number of urea groups is 2. The average molecular weight is 644 g/mol. The van der Waals surface area contributed by atoms with Crippen molar-refractivity contribution in [2.45, 2.75) is 32.2 Å². The molecule has 3 aromatic carbocycles. The van der Waals surface area contributed by atoms with Gasteiger partial charge < -0.3 is 40.3 Å². The van der Waals surface area contributed by atoms with Gasteiger partial charge in [0.25, 0.3) is 5.91 Å². The third-order valence-corrected chi connectivity index (χ3v) is 7.53. The Kier molecular flexibility index (Phi) is 10.6. The molecule has 0 bridgehead atoms. The molecule has 0 aromatic heterocycles. The topological polar surface area (TPSA) is 132 Å². The highest BCUT2D eigenvalue weighted by Gasteiger charge is 2.34. The number of nitrogens with one attached hydrogen (secondary N) is 3. The van der Waals surface area contributed by atoms with E-state index in [0.717, 1.165) is 24.3 Å². The number of methoxy groups -OCH3 is 1. The number of anilines is 3. The predicted molar refractivity (Wildman–Crippen MR) is 166 cm³/mol. The van der Waals surface area contributed by atoms with Crippen molar-refractivity contribution in [3.05, 3.63) is 77.9 Å². The molecule has 0 spiro atoms. The van der Waals surface area contributed by atoms with Crippen LogP contribution in [0.2, 0.25) is 0 Å². The van der Waals surface area contributed by atoms with Crippen LogP contribution in [0.3, 0.4) is 0 Å². The molecule has 46 heavy (non-hydrogen) atoms. The summed E-state index contributed by atoms with van der Waals surface area (Å²) in [6, 6.07) is 13.6. The first-order valence-electron chi connectivity index (χ1n) is 14.4. The third-order valence-electron chi connectivity index (χ3n) is 7.53. The van der Waals surface area contributed by atoms with Gasteiger partial charge in [-0.25, -0.2) is 9.59 Å². The van der Waals surface area contributed by atoms with E-state index in [1.807, 2.05) is 6.92 Å². The minimum Gasteiger partial charge on any atom is -0.497 e. The van der Waals surface area contributed by atoms with Crippen molar-refractivity contribution in [2.75, 3.05) is 49.8 Å². The summed E-state index contributed by atoms with van der Waals surface area (Å²) in [5.74, 6) is 0.180. The number of hydrogen-bond donors (Lipinski definition) is 4. The molecule has 4 rings (SSSR count). The summed E-state index contributed by atoms with van der Waals surface area (Å²) in [6.45, 7) is 3.67. The van der Waals surface area contributed by atoms with Crippen molar-refractivity contribution in [1.82, 2.24) is 9.80 Å². The van der Waals surface area contributed by atoms with Gasteiger partial charge in [0.2, 0.25) is 0 Å².